The second-order valence-electron chi connectivity index (χ2n) is 11.1. The Hall–Kier alpha value is -4.12. The van der Waals surface area contributed by atoms with Crippen LogP contribution < -0.4 is 33.2 Å². The van der Waals surface area contributed by atoms with E-state index in [1.54, 1.807) is 12.1 Å². The summed E-state index contributed by atoms with van der Waals surface area (Å²) in [5.74, 6) is -2.20. The van der Waals surface area contributed by atoms with E-state index in [-0.39, 0.29) is 42.4 Å². The summed E-state index contributed by atoms with van der Waals surface area (Å²) in [7, 11) is 0. The average Bonchev–Trinajstić information content (AvgIpc) is 2.96. The maximum absolute atomic E-state index is 14.0. The van der Waals surface area contributed by atoms with Crippen LogP contribution in [0.15, 0.2) is 48.5 Å². The number of amidine groups is 1. The molecule has 11 N–H and O–H groups in total. The predicted molar refractivity (Wildman–Crippen MR) is 171 cm³/mol. The smallest absolute Gasteiger partial charge is 0.243 e. The molecule has 0 spiro atoms. The molecular formula is C31H45ClN8O3. The van der Waals surface area contributed by atoms with Crippen molar-refractivity contribution < 1.29 is 14.4 Å². The molecule has 3 atom stereocenters. The van der Waals surface area contributed by atoms with Crippen LogP contribution in [-0.4, -0.2) is 48.1 Å². The van der Waals surface area contributed by atoms with Gasteiger partial charge >= 0.3 is 0 Å². The summed E-state index contributed by atoms with van der Waals surface area (Å²) in [5.41, 5.74) is 19.9. The van der Waals surface area contributed by atoms with Gasteiger partial charge in [0.2, 0.25) is 17.7 Å². The van der Waals surface area contributed by atoms with Gasteiger partial charge in [0.05, 0.1) is 5.92 Å². The molecule has 1 aliphatic rings. The van der Waals surface area contributed by atoms with Crippen LogP contribution in [-0.2, 0) is 20.8 Å². The second kappa shape index (κ2) is 17.1. The van der Waals surface area contributed by atoms with Crippen LogP contribution in [0.25, 0.3) is 0 Å². The highest BCUT2D eigenvalue weighted by molar-refractivity contribution is 5.95. The number of nitrogen functional groups attached to an aromatic ring is 1. The number of carbonyl (C=O) groups is 3. The summed E-state index contributed by atoms with van der Waals surface area (Å²) >= 11 is 0. The van der Waals surface area contributed by atoms with Crippen molar-refractivity contribution in [3.8, 4) is 0 Å². The van der Waals surface area contributed by atoms with Gasteiger partial charge < -0.3 is 33.2 Å². The highest BCUT2D eigenvalue weighted by Gasteiger charge is 2.35. The molecule has 0 saturated heterocycles. The molecule has 3 amide bonds. The standard InChI is InChI=1S/C31H44N8O3.ClH/c1-19-7-5-10-23(17-19)24(18-20-12-14-22(15-13-20)27(32)33)29(41)39-26(21-8-3-2-4-9-21)30(42)38-25(28(34)40)11-6-16-37-31(35)36;/h5,7,10,12-15,17,21,24-26H,2-4,6,8-9,11,16,18H2,1H3,(H3,32,33)(H2,34,40)(H,38,42)(H,39,41)(H4,35,36,37);1H/t24-,25?,26-;/m0./s1. The Bertz CT molecular complexity index is 1260. The minimum atomic E-state index is -0.915. The summed E-state index contributed by atoms with van der Waals surface area (Å²) in [6.07, 6.45) is 5.72. The van der Waals surface area contributed by atoms with Crippen molar-refractivity contribution in [1.82, 2.24) is 16.0 Å². The fourth-order valence-corrected chi connectivity index (χ4v) is 5.50. The van der Waals surface area contributed by atoms with Gasteiger partial charge in [0, 0.05) is 12.1 Å². The number of primary amides is 1. The molecule has 0 aliphatic heterocycles. The van der Waals surface area contributed by atoms with Gasteiger partial charge in [-0.3, -0.25) is 25.2 Å². The van der Waals surface area contributed by atoms with Crippen LogP contribution in [0.1, 0.15) is 73.1 Å². The lowest BCUT2D eigenvalue weighted by Crippen LogP contribution is -2.56. The average molecular weight is 613 g/mol. The number of amides is 3. The zero-order chi connectivity index (χ0) is 30.6. The summed E-state index contributed by atoms with van der Waals surface area (Å²) in [5, 5.41) is 23.5. The summed E-state index contributed by atoms with van der Waals surface area (Å²) < 4.78 is 0. The molecule has 1 fully saturated rings. The van der Waals surface area contributed by atoms with Crippen LogP contribution >= 0.6 is 12.4 Å². The van der Waals surface area contributed by atoms with Gasteiger partial charge in [0.15, 0.2) is 5.96 Å². The molecule has 234 valence electrons. The first-order valence-electron chi connectivity index (χ1n) is 14.5. The molecular weight excluding hydrogens is 568 g/mol. The lowest BCUT2D eigenvalue weighted by Gasteiger charge is -2.32. The Balaban J connectivity index is 0.00000645. The van der Waals surface area contributed by atoms with E-state index in [0.717, 1.165) is 48.8 Å². The first-order valence-corrected chi connectivity index (χ1v) is 14.5. The Kier molecular flexibility index (Phi) is 14.0. The number of aryl methyl sites for hydroxylation is 1. The zero-order valence-corrected chi connectivity index (χ0v) is 25.5. The number of halogens is 1. The third-order valence-electron chi connectivity index (χ3n) is 7.81. The number of hydrogen-bond acceptors (Lipinski definition) is 5. The highest BCUT2D eigenvalue weighted by atomic mass is 35.5. The fourth-order valence-electron chi connectivity index (χ4n) is 5.50. The predicted octanol–water partition coefficient (Wildman–Crippen LogP) is 2.33. The quantitative estimate of drug-likeness (QED) is 0.0909. The zero-order valence-electron chi connectivity index (χ0n) is 24.7. The SMILES string of the molecule is Cc1cccc([C@H](Cc2ccc(C(=N)N)cc2)C(=O)N[C@H](C(=O)NC(CCCNC(=N)N)C(N)=O)C2CCCCC2)c1.Cl. The number of hydrogen-bond donors (Lipinski definition) is 8. The molecule has 1 aliphatic carbocycles. The van der Waals surface area contributed by atoms with E-state index in [4.69, 9.17) is 28.0 Å². The molecule has 1 saturated carbocycles. The minimum Gasteiger partial charge on any atom is -0.384 e. The van der Waals surface area contributed by atoms with Crippen molar-refractivity contribution in [3.05, 3.63) is 70.8 Å². The van der Waals surface area contributed by atoms with E-state index in [0.29, 0.717) is 24.9 Å². The molecule has 3 rings (SSSR count). The van der Waals surface area contributed by atoms with Crippen LogP contribution in [0.2, 0.25) is 0 Å². The van der Waals surface area contributed by atoms with E-state index in [1.165, 1.54) is 0 Å². The molecule has 0 aromatic heterocycles. The van der Waals surface area contributed by atoms with Crippen molar-refractivity contribution in [2.75, 3.05) is 6.54 Å². The first-order chi connectivity index (χ1) is 20.0. The van der Waals surface area contributed by atoms with Crippen LogP contribution in [0.3, 0.4) is 0 Å². The van der Waals surface area contributed by atoms with Gasteiger partial charge in [-0.25, -0.2) is 0 Å². The van der Waals surface area contributed by atoms with Crippen molar-refractivity contribution in [1.29, 1.82) is 10.8 Å². The molecule has 11 nitrogen and oxygen atoms in total. The van der Waals surface area contributed by atoms with E-state index in [9.17, 15) is 14.4 Å². The Labute approximate surface area is 259 Å². The van der Waals surface area contributed by atoms with Crippen molar-refractivity contribution in [2.45, 2.75) is 76.3 Å². The first kappa shape index (κ1) is 35.1. The summed E-state index contributed by atoms with van der Waals surface area (Å²) in [6.45, 7) is 2.33. The monoisotopic (exact) mass is 612 g/mol. The van der Waals surface area contributed by atoms with Gasteiger partial charge in [-0.15, -0.1) is 12.4 Å². The maximum atomic E-state index is 14.0. The van der Waals surface area contributed by atoms with E-state index < -0.39 is 29.8 Å². The lowest BCUT2D eigenvalue weighted by molar-refractivity contribution is -0.133. The minimum absolute atomic E-state index is 0. The number of guanidine groups is 1. The molecule has 2 aromatic carbocycles. The Morgan fingerprint density at radius 3 is 2.19 bits per heavy atom. The Morgan fingerprint density at radius 2 is 1.60 bits per heavy atom. The molecule has 0 heterocycles. The van der Waals surface area contributed by atoms with Gasteiger partial charge in [-0.05, 0) is 56.1 Å². The molecule has 12 heteroatoms. The summed E-state index contributed by atoms with van der Waals surface area (Å²) in [4.78, 5) is 39.9. The third-order valence-corrected chi connectivity index (χ3v) is 7.81. The number of rotatable bonds is 14. The molecule has 2 aromatic rings. The van der Waals surface area contributed by atoms with Crippen molar-refractivity contribution in [2.24, 2.45) is 23.1 Å². The molecule has 1 unspecified atom stereocenters. The number of carbonyl (C=O) groups excluding carboxylic acids is 3. The number of nitrogens with one attached hydrogen (secondary N) is 5. The van der Waals surface area contributed by atoms with Crippen LogP contribution in [0.4, 0.5) is 0 Å². The van der Waals surface area contributed by atoms with Gasteiger partial charge in [0.25, 0.3) is 0 Å². The molecule has 0 radical (unpaired) electrons. The fraction of sp³-hybridized carbons (Fsp3) is 0.452. The topological polar surface area (TPSA) is 213 Å². The molecule has 0 bridgehead atoms. The van der Waals surface area contributed by atoms with E-state index in [2.05, 4.69) is 16.0 Å². The summed E-state index contributed by atoms with van der Waals surface area (Å²) in [6, 6.07) is 13.3. The highest BCUT2D eigenvalue weighted by Crippen LogP contribution is 2.29. The van der Waals surface area contributed by atoms with Crippen molar-refractivity contribution >= 4 is 41.9 Å². The lowest BCUT2D eigenvalue weighted by atomic mass is 9.82. The van der Waals surface area contributed by atoms with E-state index in [1.807, 2.05) is 43.3 Å². The Morgan fingerprint density at radius 1 is 0.930 bits per heavy atom. The third kappa shape index (κ3) is 10.9. The van der Waals surface area contributed by atoms with Crippen LogP contribution in [0, 0.1) is 23.7 Å². The van der Waals surface area contributed by atoms with E-state index >= 15 is 0 Å². The van der Waals surface area contributed by atoms with Gasteiger partial charge in [-0.1, -0.05) is 73.4 Å². The van der Waals surface area contributed by atoms with Gasteiger partial charge in [-0.2, -0.15) is 0 Å². The maximum Gasteiger partial charge on any atom is 0.243 e. The van der Waals surface area contributed by atoms with Crippen molar-refractivity contribution in [3.63, 3.8) is 0 Å². The second-order valence-corrected chi connectivity index (χ2v) is 11.1. The largest absolute Gasteiger partial charge is 0.384 e. The van der Waals surface area contributed by atoms with Gasteiger partial charge in [0.1, 0.15) is 17.9 Å². The number of benzene rings is 2. The van der Waals surface area contributed by atoms with Crippen LogP contribution in [0.5, 0.6) is 0 Å². The number of nitrogens with two attached hydrogens (primary N) is 3. The normalized spacial score (nSPS) is 15.2. The molecule has 43 heavy (non-hydrogen) atoms.